The second-order valence-electron chi connectivity index (χ2n) is 2.57. The highest BCUT2D eigenvalue weighted by atomic mass is 14.6. The van der Waals surface area contributed by atoms with E-state index < -0.39 is 0 Å². The van der Waals surface area contributed by atoms with Gasteiger partial charge in [0.25, 0.3) is 0 Å². The van der Waals surface area contributed by atoms with E-state index >= 15 is 0 Å². The first-order valence-electron chi connectivity index (χ1n) is 3.28. The van der Waals surface area contributed by atoms with Gasteiger partial charge in [0.15, 0.2) is 0 Å². The Morgan fingerprint density at radius 1 is 1.00 bits per heavy atom. The molecule has 8 heavy (non-hydrogen) atoms. The van der Waals surface area contributed by atoms with Crippen LogP contribution in [0.4, 0.5) is 0 Å². The molecule has 0 bridgehead atoms. The maximum absolute atomic E-state index is 5.44. The van der Waals surface area contributed by atoms with E-state index in [0.717, 1.165) is 24.9 Å². The first-order valence-corrected chi connectivity index (χ1v) is 3.28. The fourth-order valence-electron chi connectivity index (χ4n) is 1.26. The van der Waals surface area contributed by atoms with Crippen molar-refractivity contribution in [3.63, 3.8) is 0 Å². The Hall–Kier alpha value is -0.0800. The lowest BCUT2D eigenvalue weighted by molar-refractivity contribution is 0.192. The van der Waals surface area contributed by atoms with E-state index in [4.69, 9.17) is 11.5 Å². The Labute approximate surface area is 50.2 Å². The second kappa shape index (κ2) is 2.46. The Morgan fingerprint density at radius 2 is 1.38 bits per heavy atom. The minimum atomic E-state index is 0.750. The molecule has 1 saturated carbocycles. The van der Waals surface area contributed by atoms with E-state index in [2.05, 4.69) is 0 Å². The van der Waals surface area contributed by atoms with Gasteiger partial charge in [0.2, 0.25) is 0 Å². The summed E-state index contributed by atoms with van der Waals surface area (Å²) in [7, 11) is 0. The van der Waals surface area contributed by atoms with Crippen LogP contribution in [0, 0.1) is 11.8 Å². The number of hydrogen-bond acceptors (Lipinski definition) is 2. The largest absolute Gasteiger partial charge is 0.330 e. The first kappa shape index (κ1) is 6.05. The lowest BCUT2D eigenvalue weighted by Crippen LogP contribution is -2.36. The highest BCUT2D eigenvalue weighted by Gasteiger charge is 2.27. The summed E-state index contributed by atoms with van der Waals surface area (Å²) in [4.78, 5) is 0. The molecule has 2 atom stereocenters. The summed E-state index contributed by atoms with van der Waals surface area (Å²) in [5.74, 6) is 1.50. The van der Waals surface area contributed by atoms with Crippen LogP contribution in [0.3, 0.4) is 0 Å². The lowest BCUT2D eigenvalue weighted by Gasteiger charge is -2.34. The molecule has 0 heterocycles. The van der Waals surface area contributed by atoms with Crippen LogP contribution in [0.25, 0.3) is 0 Å². The Bertz CT molecular complexity index is 58.9. The molecule has 0 amide bonds. The van der Waals surface area contributed by atoms with Gasteiger partial charge in [0, 0.05) is 0 Å². The SMILES string of the molecule is NCC1CCC1CN. The van der Waals surface area contributed by atoms with Crippen molar-refractivity contribution in [2.24, 2.45) is 23.3 Å². The smallest absolute Gasteiger partial charge is 0.00457 e. The molecule has 0 radical (unpaired) electrons. The topological polar surface area (TPSA) is 52.0 Å². The third-order valence-electron chi connectivity index (χ3n) is 2.18. The number of hydrogen-bond donors (Lipinski definition) is 2. The van der Waals surface area contributed by atoms with E-state index in [-0.39, 0.29) is 0 Å². The summed E-state index contributed by atoms with van der Waals surface area (Å²) in [6.45, 7) is 1.67. The zero-order chi connectivity index (χ0) is 5.98. The van der Waals surface area contributed by atoms with Gasteiger partial charge in [-0.2, -0.15) is 0 Å². The van der Waals surface area contributed by atoms with Crippen molar-refractivity contribution in [2.45, 2.75) is 12.8 Å². The van der Waals surface area contributed by atoms with Crippen molar-refractivity contribution in [3.8, 4) is 0 Å². The van der Waals surface area contributed by atoms with Crippen molar-refractivity contribution < 1.29 is 0 Å². The van der Waals surface area contributed by atoms with Crippen molar-refractivity contribution in [1.29, 1.82) is 0 Å². The molecule has 4 N–H and O–H groups in total. The molecule has 1 aliphatic carbocycles. The summed E-state index contributed by atoms with van der Waals surface area (Å²) < 4.78 is 0. The van der Waals surface area contributed by atoms with E-state index in [1.807, 2.05) is 0 Å². The molecular weight excluding hydrogens is 100 g/mol. The van der Waals surface area contributed by atoms with E-state index in [9.17, 15) is 0 Å². The Morgan fingerprint density at radius 3 is 1.50 bits per heavy atom. The fourth-order valence-corrected chi connectivity index (χ4v) is 1.26. The van der Waals surface area contributed by atoms with E-state index in [1.54, 1.807) is 0 Å². The van der Waals surface area contributed by atoms with Crippen molar-refractivity contribution in [1.82, 2.24) is 0 Å². The quantitative estimate of drug-likeness (QED) is 0.528. The van der Waals surface area contributed by atoms with Crippen molar-refractivity contribution >= 4 is 0 Å². The minimum Gasteiger partial charge on any atom is -0.330 e. The Kier molecular flexibility index (Phi) is 1.86. The first-order chi connectivity index (χ1) is 3.88. The van der Waals surface area contributed by atoms with Crippen LogP contribution in [0.2, 0.25) is 0 Å². The summed E-state index contributed by atoms with van der Waals surface area (Å²) in [6, 6.07) is 0. The average Bonchev–Trinajstić information content (AvgIpc) is 1.66. The summed E-state index contributed by atoms with van der Waals surface area (Å²) >= 11 is 0. The molecule has 1 fully saturated rings. The zero-order valence-corrected chi connectivity index (χ0v) is 5.14. The highest BCUT2D eigenvalue weighted by molar-refractivity contribution is 4.81. The molecule has 1 aliphatic rings. The molecule has 0 saturated heterocycles. The van der Waals surface area contributed by atoms with Gasteiger partial charge >= 0.3 is 0 Å². The minimum absolute atomic E-state index is 0.750. The standard InChI is InChI=1S/C6H14N2/c7-3-5-1-2-6(5)4-8/h5-6H,1-4,7-8H2. The molecule has 2 unspecified atom stereocenters. The molecule has 0 aromatic rings. The molecule has 1 rings (SSSR count). The highest BCUT2D eigenvalue weighted by Crippen LogP contribution is 2.31. The predicted molar refractivity (Wildman–Crippen MR) is 34.3 cm³/mol. The molecule has 0 aromatic heterocycles. The molecule has 0 aromatic carbocycles. The van der Waals surface area contributed by atoms with Crippen LogP contribution in [0.5, 0.6) is 0 Å². The van der Waals surface area contributed by atoms with Gasteiger partial charge in [0.1, 0.15) is 0 Å². The van der Waals surface area contributed by atoms with Crippen LogP contribution in [-0.2, 0) is 0 Å². The maximum Gasteiger partial charge on any atom is -0.00457 e. The fraction of sp³-hybridized carbons (Fsp3) is 1.00. The monoisotopic (exact) mass is 114 g/mol. The molecule has 0 spiro atoms. The molecule has 0 aliphatic heterocycles. The normalized spacial score (nSPS) is 36.8. The van der Waals surface area contributed by atoms with Gasteiger partial charge in [-0.3, -0.25) is 0 Å². The van der Waals surface area contributed by atoms with Gasteiger partial charge in [-0.15, -0.1) is 0 Å². The summed E-state index contributed by atoms with van der Waals surface area (Å²) in [5, 5.41) is 0. The molecule has 2 heteroatoms. The van der Waals surface area contributed by atoms with E-state index in [1.165, 1.54) is 12.8 Å². The summed E-state index contributed by atoms with van der Waals surface area (Å²) in [5.41, 5.74) is 10.9. The number of rotatable bonds is 2. The van der Waals surface area contributed by atoms with Gasteiger partial charge < -0.3 is 11.5 Å². The third-order valence-corrected chi connectivity index (χ3v) is 2.18. The van der Waals surface area contributed by atoms with Gasteiger partial charge in [-0.1, -0.05) is 0 Å². The average molecular weight is 114 g/mol. The molecule has 2 nitrogen and oxygen atoms in total. The van der Waals surface area contributed by atoms with Crippen molar-refractivity contribution in [3.05, 3.63) is 0 Å². The predicted octanol–water partition coefficient (Wildman–Crippen LogP) is -0.0700. The maximum atomic E-state index is 5.44. The second-order valence-corrected chi connectivity index (χ2v) is 2.57. The molecular formula is C6H14N2. The number of nitrogens with two attached hydrogens (primary N) is 2. The van der Waals surface area contributed by atoms with Crippen LogP contribution < -0.4 is 11.5 Å². The van der Waals surface area contributed by atoms with Crippen LogP contribution in [0.1, 0.15) is 12.8 Å². The van der Waals surface area contributed by atoms with Gasteiger partial charge in [-0.25, -0.2) is 0 Å². The van der Waals surface area contributed by atoms with E-state index in [0.29, 0.717) is 0 Å². The zero-order valence-electron chi connectivity index (χ0n) is 5.14. The van der Waals surface area contributed by atoms with Crippen LogP contribution in [0.15, 0.2) is 0 Å². The Balaban J connectivity index is 2.16. The van der Waals surface area contributed by atoms with Crippen LogP contribution >= 0.6 is 0 Å². The summed E-state index contributed by atoms with van der Waals surface area (Å²) in [6.07, 6.45) is 2.61. The van der Waals surface area contributed by atoms with Gasteiger partial charge in [-0.05, 0) is 37.8 Å². The lowest BCUT2D eigenvalue weighted by atomic mass is 9.74. The van der Waals surface area contributed by atoms with Crippen LogP contribution in [-0.4, -0.2) is 13.1 Å². The molecule has 48 valence electrons. The van der Waals surface area contributed by atoms with Crippen molar-refractivity contribution in [2.75, 3.05) is 13.1 Å². The van der Waals surface area contributed by atoms with Gasteiger partial charge in [0.05, 0.1) is 0 Å². The third kappa shape index (κ3) is 0.858.